The van der Waals surface area contributed by atoms with E-state index >= 15 is 0 Å². The van der Waals surface area contributed by atoms with E-state index in [4.69, 9.17) is 0 Å². The Kier molecular flexibility index (Phi) is 5.12. The molecule has 0 nitrogen and oxygen atoms in total. The molecule has 42 heavy (non-hydrogen) atoms. The minimum absolute atomic E-state index is 0.331. The van der Waals surface area contributed by atoms with E-state index in [1.807, 2.05) is 0 Å². The minimum atomic E-state index is 0.331. The van der Waals surface area contributed by atoms with E-state index < -0.39 is 0 Å². The highest BCUT2D eigenvalue weighted by Gasteiger charge is 2.21. The highest BCUT2D eigenvalue weighted by molar-refractivity contribution is 6.13. The molecule has 0 aliphatic heterocycles. The van der Waals surface area contributed by atoms with E-state index in [-0.39, 0.29) is 0 Å². The molecule has 0 bridgehead atoms. The molecule has 1 aliphatic rings. The van der Waals surface area contributed by atoms with Crippen molar-refractivity contribution in [2.75, 3.05) is 0 Å². The van der Waals surface area contributed by atoms with E-state index in [2.05, 4.69) is 152 Å². The third kappa shape index (κ3) is 3.69. The second-order valence-electron chi connectivity index (χ2n) is 11.7. The fourth-order valence-electron chi connectivity index (χ4n) is 7.22. The summed E-state index contributed by atoms with van der Waals surface area (Å²) in [5.41, 5.74) is 6.73. The minimum Gasteiger partial charge on any atom is -0.0830 e. The first-order chi connectivity index (χ1) is 20.8. The highest BCUT2D eigenvalue weighted by Crippen LogP contribution is 2.42. The van der Waals surface area contributed by atoms with Gasteiger partial charge in [0.1, 0.15) is 0 Å². The monoisotopic (exact) mass is 532 g/mol. The third-order valence-corrected chi connectivity index (χ3v) is 9.26. The van der Waals surface area contributed by atoms with Gasteiger partial charge in [-0.1, -0.05) is 109 Å². The van der Waals surface area contributed by atoms with Gasteiger partial charge in [0.15, 0.2) is 0 Å². The largest absolute Gasteiger partial charge is 0.0830 e. The summed E-state index contributed by atoms with van der Waals surface area (Å²) in [6, 6.07) is 52.1. The average molecular weight is 533 g/mol. The van der Waals surface area contributed by atoms with Gasteiger partial charge in [0, 0.05) is 5.92 Å². The van der Waals surface area contributed by atoms with Gasteiger partial charge in [0.25, 0.3) is 0 Å². The molecule has 0 amide bonds. The van der Waals surface area contributed by atoms with Crippen LogP contribution in [0.3, 0.4) is 0 Å². The van der Waals surface area contributed by atoms with Gasteiger partial charge in [0.05, 0.1) is 0 Å². The standard InChI is InChI=1S/C42H28/c1-2-9-27(10-3-1)42-39-15-7-6-13-30(39)22-37-23-32(17-18-40(37)42)38-16-8-14-31-21-35-24-33-19-28-11-4-5-12-29(28)20-34(33)25-36(35)26-41(31)38/h1-15,17-26,38H,16H2. The lowest BCUT2D eigenvalue weighted by Crippen LogP contribution is -2.06. The summed E-state index contributed by atoms with van der Waals surface area (Å²) in [6.07, 6.45) is 5.69. The molecule has 0 N–H and O–H groups in total. The van der Waals surface area contributed by atoms with Crippen LogP contribution < -0.4 is 0 Å². The Hall–Kier alpha value is -5.20. The molecule has 1 aliphatic carbocycles. The zero-order valence-electron chi connectivity index (χ0n) is 23.2. The third-order valence-electron chi connectivity index (χ3n) is 9.26. The number of hydrogen-bond donors (Lipinski definition) is 0. The normalized spacial score (nSPS) is 14.7. The zero-order valence-corrected chi connectivity index (χ0v) is 23.2. The Morgan fingerprint density at radius 3 is 1.81 bits per heavy atom. The lowest BCUT2D eigenvalue weighted by molar-refractivity contribution is 0.823. The molecule has 0 heterocycles. The van der Waals surface area contributed by atoms with Gasteiger partial charge < -0.3 is 0 Å². The number of fused-ring (bicyclic) bond motifs is 6. The van der Waals surface area contributed by atoms with Gasteiger partial charge in [-0.25, -0.2) is 0 Å². The number of benzene rings is 8. The molecule has 8 aromatic rings. The molecule has 0 fully saturated rings. The Labute approximate surface area is 245 Å². The Morgan fingerprint density at radius 2 is 1.02 bits per heavy atom. The van der Waals surface area contributed by atoms with Crippen LogP contribution in [-0.4, -0.2) is 0 Å². The fraction of sp³-hybridized carbons (Fsp3) is 0.0476. The lowest BCUT2D eigenvalue weighted by atomic mass is 9.80. The van der Waals surface area contributed by atoms with Gasteiger partial charge in [-0.05, 0) is 131 Å². The summed E-state index contributed by atoms with van der Waals surface area (Å²) in [7, 11) is 0. The van der Waals surface area contributed by atoms with Crippen molar-refractivity contribution in [1.29, 1.82) is 0 Å². The van der Waals surface area contributed by atoms with Crippen LogP contribution >= 0.6 is 0 Å². The molecule has 0 saturated heterocycles. The van der Waals surface area contributed by atoms with Crippen molar-refractivity contribution in [3.8, 4) is 11.1 Å². The first-order valence-corrected chi connectivity index (χ1v) is 14.9. The van der Waals surface area contributed by atoms with Crippen LogP contribution in [0, 0.1) is 0 Å². The number of hydrogen-bond acceptors (Lipinski definition) is 0. The second kappa shape index (κ2) is 9.16. The van der Waals surface area contributed by atoms with Gasteiger partial charge in [-0.15, -0.1) is 0 Å². The van der Waals surface area contributed by atoms with Crippen LogP contribution in [0.5, 0.6) is 0 Å². The summed E-state index contributed by atoms with van der Waals surface area (Å²) in [4.78, 5) is 0. The molecule has 0 spiro atoms. The number of rotatable bonds is 2. The SMILES string of the molecule is C1=Cc2cc3cc4cc5ccccc5cc4cc3cc2C(c2ccc3c(-c4ccccc4)c4ccccc4cc3c2)C1. The van der Waals surface area contributed by atoms with Crippen molar-refractivity contribution in [2.45, 2.75) is 12.3 Å². The summed E-state index contributed by atoms with van der Waals surface area (Å²) in [5.74, 6) is 0.331. The molecule has 0 heteroatoms. The maximum Gasteiger partial charge on any atom is 0.0130 e. The van der Waals surface area contributed by atoms with Gasteiger partial charge in [-0.2, -0.15) is 0 Å². The summed E-state index contributed by atoms with van der Waals surface area (Å²) in [5, 5.41) is 13.0. The van der Waals surface area contributed by atoms with Crippen LogP contribution in [0.25, 0.3) is 71.1 Å². The van der Waals surface area contributed by atoms with Crippen LogP contribution in [0.1, 0.15) is 29.0 Å². The van der Waals surface area contributed by atoms with Gasteiger partial charge in [-0.3, -0.25) is 0 Å². The van der Waals surface area contributed by atoms with Crippen molar-refractivity contribution in [3.05, 3.63) is 162 Å². The molecular formula is C42H28. The predicted molar refractivity (Wildman–Crippen MR) is 181 cm³/mol. The van der Waals surface area contributed by atoms with E-state index in [0.29, 0.717) is 5.92 Å². The molecule has 1 unspecified atom stereocenters. The first kappa shape index (κ1) is 23.5. The Morgan fingerprint density at radius 1 is 0.429 bits per heavy atom. The number of allylic oxidation sites excluding steroid dienone is 1. The van der Waals surface area contributed by atoms with E-state index in [1.165, 1.54) is 81.7 Å². The second-order valence-corrected chi connectivity index (χ2v) is 11.7. The molecule has 0 saturated carbocycles. The van der Waals surface area contributed by atoms with Crippen molar-refractivity contribution in [3.63, 3.8) is 0 Å². The Balaban J connectivity index is 1.22. The average Bonchev–Trinajstić information content (AvgIpc) is 3.04. The molecule has 0 radical (unpaired) electrons. The van der Waals surface area contributed by atoms with Gasteiger partial charge in [0.2, 0.25) is 0 Å². The predicted octanol–water partition coefficient (Wildman–Crippen LogP) is 11.7. The molecule has 196 valence electrons. The van der Waals surface area contributed by atoms with Gasteiger partial charge >= 0.3 is 0 Å². The van der Waals surface area contributed by atoms with E-state index in [1.54, 1.807) is 0 Å². The zero-order chi connectivity index (χ0) is 27.6. The van der Waals surface area contributed by atoms with Crippen molar-refractivity contribution >= 4 is 59.9 Å². The molecule has 9 rings (SSSR count). The summed E-state index contributed by atoms with van der Waals surface area (Å²) in [6.45, 7) is 0. The van der Waals surface area contributed by atoms with E-state index in [0.717, 1.165) is 6.42 Å². The van der Waals surface area contributed by atoms with Crippen LogP contribution in [0.15, 0.2) is 146 Å². The first-order valence-electron chi connectivity index (χ1n) is 14.9. The quantitative estimate of drug-likeness (QED) is 0.194. The topological polar surface area (TPSA) is 0 Å². The van der Waals surface area contributed by atoms with E-state index in [9.17, 15) is 0 Å². The summed E-state index contributed by atoms with van der Waals surface area (Å²) >= 11 is 0. The fourth-order valence-corrected chi connectivity index (χ4v) is 7.22. The van der Waals surface area contributed by atoms with Crippen molar-refractivity contribution < 1.29 is 0 Å². The maximum atomic E-state index is 2.45. The highest BCUT2D eigenvalue weighted by atomic mass is 14.2. The molecule has 1 atom stereocenters. The molecule has 8 aromatic carbocycles. The Bertz CT molecular complexity index is 2370. The lowest BCUT2D eigenvalue weighted by Gasteiger charge is -2.24. The molecule has 0 aromatic heterocycles. The van der Waals surface area contributed by atoms with Crippen LogP contribution in [0.2, 0.25) is 0 Å². The van der Waals surface area contributed by atoms with Crippen molar-refractivity contribution in [1.82, 2.24) is 0 Å². The van der Waals surface area contributed by atoms with Crippen LogP contribution in [-0.2, 0) is 0 Å². The molecular weight excluding hydrogens is 504 g/mol. The smallest absolute Gasteiger partial charge is 0.0130 e. The summed E-state index contributed by atoms with van der Waals surface area (Å²) < 4.78 is 0. The van der Waals surface area contributed by atoms with Crippen molar-refractivity contribution in [2.24, 2.45) is 0 Å². The van der Waals surface area contributed by atoms with Crippen LogP contribution in [0.4, 0.5) is 0 Å². The maximum absolute atomic E-state index is 2.45.